The van der Waals surface area contributed by atoms with Crippen molar-refractivity contribution in [2.45, 2.75) is 6.92 Å². The minimum absolute atomic E-state index is 0.590. The van der Waals surface area contributed by atoms with Crippen molar-refractivity contribution in [1.29, 1.82) is 0 Å². The summed E-state index contributed by atoms with van der Waals surface area (Å²) in [6.07, 6.45) is 1.72. The van der Waals surface area contributed by atoms with Crippen LogP contribution < -0.4 is 4.74 Å². The van der Waals surface area contributed by atoms with E-state index in [9.17, 15) is 0 Å². The molecule has 2 rings (SSSR count). The molecule has 0 unspecified atom stereocenters. The second kappa shape index (κ2) is 7.11. The molecule has 0 aliphatic heterocycles. The second-order valence-electron chi connectivity index (χ2n) is 3.97. The molecule has 0 saturated heterocycles. The fourth-order valence-corrected chi connectivity index (χ4v) is 2.22. The average Bonchev–Trinajstić information content (AvgIpc) is 2.43. The smallest absolute Gasteiger partial charge is 0.128 e. The van der Waals surface area contributed by atoms with Crippen molar-refractivity contribution in [1.82, 2.24) is 0 Å². The SMILES string of the molecule is CCOc1ccc(Cl)cc1C=Nc1ccc(Br)c(Cl)c1. The lowest BCUT2D eigenvalue weighted by Gasteiger charge is -2.07. The lowest BCUT2D eigenvalue weighted by molar-refractivity contribution is 0.340. The highest BCUT2D eigenvalue weighted by Gasteiger charge is 2.03. The zero-order valence-corrected chi connectivity index (χ0v) is 13.8. The maximum absolute atomic E-state index is 6.04. The van der Waals surface area contributed by atoms with Crippen molar-refractivity contribution in [2.75, 3.05) is 6.61 Å². The van der Waals surface area contributed by atoms with Gasteiger partial charge in [-0.3, -0.25) is 4.99 Å². The van der Waals surface area contributed by atoms with Crippen LogP contribution in [0.4, 0.5) is 5.69 Å². The molecule has 2 nitrogen and oxygen atoms in total. The van der Waals surface area contributed by atoms with Crippen LogP contribution in [-0.2, 0) is 0 Å². The molecule has 2 aromatic rings. The first-order valence-electron chi connectivity index (χ1n) is 6.01. The van der Waals surface area contributed by atoms with E-state index in [0.29, 0.717) is 16.7 Å². The van der Waals surface area contributed by atoms with Crippen molar-refractivity contribution in [3.8, 4) is 5.75 Å². The van der Waals surface area contributed by atoms with E-state index in [1.165, 1.54) is 0 Å². The van der Waals surface area contributed by atoms with Gasteiger partial charge in [0.25, 0.3) is 0 Å². The highest BCUT2D eigenvalue weighted by molar-refractivity contribution is 9.10. The first-order valence-corrected chi connectivity index (χ1v) is 7.56. The van der Waals surface area contributed by atoms with Crippen molar-refractivity contribution in [3.63, 3.8) is 0 Å². The van der Waals surface area contributed by atoms with Crippen LogP contribution in [0.5, 0.6) is 5.75 Å². The van der Waals surface area contributed by atoms with Gasteiger partial charge in [0.15, 0.2) is 0 Å². The van der Waals surface area contributed by atoms with Gasteiger partial charge in [-0.1, -0.05) is 23.2 Å². The Balaban J connectivity index is 2.30. The van der Waals surface area contributed by atoms with Gasteiger partial charge in [0, 0.05) is 21.3 Å². The molecule has 0 saturated carbocycles. The summed E-state index contributed by atoms with van der Waals surface area (Å²) in [6.45, 7) is 2.52. The quantitative estimate of drug-likeness (QED) is 0.611. The summed E-state index contributed by atoms with van der Waals surface area (Å²) in [5.41, 5.74) is 1.60. The fraction of sp³-hybridized carbons (Fsp3) is 0.133. The first kappa shape index (κ1) is 15.4. The third-order valence-electron chi connectivity index (χ3n) is 2.53. The summed E-state index contributed by atoms with van der Waals surface area (Å²) in [7, 11) is 0. The Morgan fingerprint density at radius 2 is 2.00 bits per heavy atom. The van der Waals surface area contributed by atoms with Crippen LogP contribution >= 0.6 is 39.1 Å². The molecule has 0 aliphatic rings. The number of aliphatic imine (C=N–C) groups is 1. The van der Waals surface area contributed by atoms with Crippen LogP contribution in [-0.4, -0.2) is 12.8 Å². The van der Waals surface area contributed by atoms with Gasteiger partial charge in [-0.2, -0.15) is 0 Å². The van der Waals surface area contributed by atoms with Crippen molar-refractivity contribution < 1.29 is 4.74 Å². The van der Waals surface area contributed by atoms with Crippen LogP contribution in [0.15, 0.2) is 45.9 Å². The molecule has 0 atom stereocenters. The molecule has 0 aliphatic carbocycles. The van der Waals surface area contributed by atoms with Crippen LogP contribution in [0.2, 0.25) is 10.0 Å². The fourth-order valence-electron chi connectivity index (χ4n) is 1.62. The van der Waals surface area contributed by atoms with E-state index >= 15 is 0 Å². The Labute approximate surface area is 136 Å². The highest BCUT2D eigenvalue weighted by Crippen LogP contribution is 2.27. The van der Waals surface area contributed by atoms with Gasteiger partial charge < -0.3 is 4.74 Å². The molecule has 104 valence electrons. The third-order valence-corrected chi connectivity index (χ3v) is 4.00. The van der Waals surface area contributed by atoms with Gasteiger partial charge in [-0.15, -0.1) is 0 Å². The van der Waals surface area contributed by atoms with Gasteiger partial charge in [-0.05, 0) is 59.3 Å². The molecular weight excluding hydrogens is 361 g/mol. The number of nitrogens with zero attached hydrogens (tertiary/aromatic N) is 1. The molecule has 20 heavy (non-hydrogen) atoms. The van der Waals surface area contributed by atoms with Crippen molar-refractivity contribution in [2.24, 2.45) is 4.99 Å². The molecule has 0 heterocycles. The van der Waals surface area contributed by atoms with Gasteiger partial charge >= 0.3 is 0 Å². The average molecular weight is 373 g/mol. The Morgan fingerprint density at radius 3 is 2.70 bits per heavy atom. The number of benzene rings is 2. The Kier molecular flexibility index (Phi) is 5.46. The van der Waals surface area contributed by atoms with Crippen LogP contribution in [0.1, 0.15) is 12.5 Å². The molecule has 0 bridgehead atoms. The number of halogens is 3. The number of hydrogen-bond donors (Lipinski definition) is 0. The highest BCUT2D eigenvalue weighted by atomic mass is 79.9. The summed E-state index contributed by atoms with van der Waals surface area (Å²) in [5.74, 6) is 0.754. The monoisotopic (exact) mass is 371 g/mol. The third kappa shape index (κ3) is 3.98. The zero-order valence-electron chi connectivity index (χ0n) is 10.7. The molecule has 0 N–H and O–H groups in total. The predicted molar refractivity (Wildman–Crippen MR) is 89.0 cm³/mol. The summed E-state index contributed by atoms with van der Waals surface area (Å²) in [6, 6.07) is 11.0. The standard InChI is InChI=1S/C15H12BrCl2NO/c1-2-20-15-6-3-11(17)7-10(15)9-19-12-4-5-13(16)14(18)8-12/h3-9H,2H2,1H3. The van der Waals surface area contributed by atoms with Crippen LogP contribution in [0.3, 0.4) is 0 Å². The summed E-state index contributed by atoms with van der Waals surface area (Å²) < 4.78 is 6.38. The molecule has 0 aromatic heterocycles. The second-order valence-corrected chi connectivity index (χ2v) is 5.67. The molecule has 2 aromatic carbocycles. The normalized spacial score (nSPS) is 11.0. The number of ether oxygens (including phenoxy) is 1. The van der Waals surface area contributed by atoms with Gasteiger partial charge in [-0.25, -0.2) is 0 Å². The largest absolute Gasteiger partial charge is 0.493 e. The van der Waals surface area contributed by atoms with Crippen LogP contribution in [0.25, 0.3) is 0 Å². The van der Waals surface area contributed by atoms with E-state index in [1.54, 1.807) is 18.3 Å². The van der Waals surface area contributed by atoms with E-state index in [0.717, 1.165) is 21.5 Å². The van der Waals surface area contributed by atoms with Gasteiger partial charge in [0.05, 0.1) is 17.3 Å². The lowest BCUT2D eigenvalue weighted by atomic mass is 10.2. The molecule has 0 fully saturated rings. The lowest BCUT2D eigenvalue weighted by Crippen LogP contribution is -1.95. The number of rotatable bonds is 4. The van der Waals surface area contributed by atoms with E-state index < -0.39 is 0 Å². The Hall–Kier alpha value is -1.03. The van der Waals surface area contributed by atoms with Crippen molar-refractivity contribution in [3.05, 3.63) is 56.5 Å². The maximum Gasteiger partial charge on any atom is 0.128 e. The Bertz CT molecular complexity index is 644. The number of hydrogen-bond acceptors (Lipinski definition) is 2. The summed E-state index contributed by atoms with van der Waals surface area (Å²) in [5, 5.41) is 1.26. The molecular formula is C15H12BrCl2NO. The molecule has 0 amide bonds. The Morgan fingerprint density at radius 1 is 1.20 bits per heavy atom. The maximum atomic E-state index is 6.04. The van der Waals surface area contributed by atoms with E-state index in [1.807, 2.05) is 31.2 Å². The van der Waals surface area contributed by atoms with Gasteiger partial charge in [0.1, 0.15) is 5.75 Å². The molecule has 5 heteroatoms. The topological polar surface area (TPSA) is 21.6 Å². The minimum atomic E-state index is 0.590. The first-order chi connectivity index (χ1) is 9.60. The summed E-state index contributed by atoms with van der Waals surface area (Å²) in [4.78, 5) is 4.39. The van der Waals surface area contributed by atoms with Crippen LogP contribution in [0, 0.1) is 0 Å². The van der Waals surface area contributed by atoms with E-state index in [2.05, 4.69) is 20.9 Å². The zero-order chi connectivity index (χ0) is 14.5. The van der Waals surface area contributed by atoms with E-state index in [4.69, 9.17) is 27.9 Å². The van der Waals surface area contributed by atoms with Gasteiger partial charge in [0.2, 0.25) is 0 Å². The molecule has 0 radical (unpaired) electrons. The van der Waals surface area contributed by atoms with Crippen molar-refractivity contribution >= 4 is 51.0 Å². The molecule has 0 spiro atoms. The van der Waals surface area contributed by atoms with E-state index in [-0.39, 0.29) is 0 Å². The minimum Gasteiger partial charge on any atom is -0.493 e. The summed E-state index contributed by atoms with van der Waals surface area (Å²) >= 11 is 15.4. The predicted octanol–water partition coefficient (Wildman–Crippen LogP) is 5.91.